The number of nitrogens with two attached hydrogens (primary N) is 3. The van der Waals surface area contributed by atoms with Gasteiger partial charge in [-0.3, -0.25) is 4.98 Å². The Morgan fingerprint density at radius 1 is 1.45 bits per heavy atom. The predicted molar refractivity (Wildman–Crippen MR) is 44.6 cm³/mol. The van der Waals surface area contributed by atoms with Crippen LogP contribution in [0.4, 0.5) is 5.69 Å². The second-order valence-electron chi connectivity index (χ2n) is 2.36. The van der Waals surface area contributed by atoms with Crippen molar-refractivity contribution in [3.05, 3.63) is 24.0 Å². The van der Waals surface area contributed by atoms with Gasteiger partial charge in [0.15, 0.2) is 0 Å². The van der Waals surface area contributed by atoms with Crippen LogP contribution in [0.2, 0.25) is 0 Å². The van der Waals surface area contributed by atoms with E-state index in [0.717, 1.165) is 5.69 Å². The van der Waals surface area contributed by atoms with Crippen molar-refractivity contribution >= 4 is 5.69 Å². The smallest absolute Gasteiger partial charge is 0.0594 e. The maximum absolute atomic E-state index is 5.62. The van der Waals surface area contributed by atoms with Gasteiger partial charge in [0.05, 0.1) is 23.6 Å². The molecule has 0 bridgehead atoms. The number of aromatic nitrogens is 1. The standard InChI is InChI=1S/C7H12N4/c8-3-6(10)7-2-1-5(9)4-11-7/h1-2,4,6H,3,8-10H2. The first kappa shape index (κ1) is 7.97. The van der Waals surface area contributed by atoms with Gasteiger partial charge in [-0.2, -0.15) is 0 Å². The van der Waals surface area contributed by atoms with E-state index in [1.54, 1.807) is 18.3 Å². The molecule has 0 spiro atoms. The van der Waals surface area contributed by atoms with E-state index >= 15 is 0 Å². The van der Waals surface area contributed by atoms with Crippen molar-refractivity contribution in [3.63, 3.8) is 0 Å². The third-order valence-electron chi connectivity index (χ3n) is 1.44. The summed E-state index contributed by atoms with van der Waals surface area (Å²) in [6.07, 6.45) is 1.57. The molecule has 6 N–H and O–H groups in total. The Morgan fingerprint density at radius 3 is 2.64 bits per heavy atom. The van der Waals surface area contributed by atoms with Crippen LogP contribution in [-0.4, -0.2) is 11.5 Å². The Balaban J connectivity index is 2.81. The van der Waals surface area contributed by atoms with E-state index in [4.69, 9.17) is 17.2 Å². The van der Waals surface area contributed by atoms with Gasteiger partial charge in [0.25, 0.3) is 0 Å². The molecule has 1 rings (SSSR count). The molecule has 1 aromatic heterocycles. The third kappa shape index (κ3) is 1.89. The average molecular weight is 152 g/mol. The normalized spacial score (nSPS) is 12.9. The van der Waals surface area contributed by atoms with E-state index in [1.165, 1.54) is 0 Å². The highest BCUT2D eigenvalue weighted by molar-refractivity contribution is 5.35. The number of rotatable bonds is 2. The second-order valence-corrected chi connectivity index (χ2v) is 2.36. The summed E-state index contributed by atoms with van der Waals surface area (Å²) in [7, 11) is 0. The average Bonchev–Trinajstić information content (AvgIpc) is 2.05. The Labute approximate surface area is 65.4 Å². The van der Waals surface area contributed by atoms with Crippen LogP contribution in [0.3, 0.4) is 0 Å². The molecule has 0 aliphatic carbocycles. The molecule has 11 heavy (non-hydrogen) atoms. The van der Waals surface area contributed by atoms with Gasteiger partial charge in [-0.25, -0.2) is 0 Å². The number of pyridine rings is 1. The molecule has 0 saturated carbocycles. The Morgan fingerprint density at radius 2 is 2.18 bits per heavy atom. The summed E-state index contributed by atoms with van der Waals surface area (Å²) in [6, 6.07) is 3.36. The van der Waals surface area contributed by atoms with Gasteiger partial charge < -0.3 is 17.2 Å². The highest BCUT2D eigenvalue weighted by Crippen LogP contribution is 2.06. The Bertz CT molecular complexity index is 218. The van der Waals surface area contributed by atoms with E-state index < -0.39 is 0 Å². The van der Waals surface area contributed by atoms with Crippen molar-refractivity contribution in [3.8, 4) is 0 Å². The van der Waals surface area contributed by atoms with Gasteiger partial charge in [0.1, 0.15) is 0 Å². The summed E-state index contributed by atoms with van der Waals surface area (Å²) in [5, 5.41) is 0. The summed E-state index contributed by atoms with van der Waals surface area (Å²) >= 11 is 0. The topological polar surface area (TPSA) is 91.0 Å². The van der Waals surface area contributed by atoms with Crippen LogP contribution < -0.4 is 17.2 Å². The van der Waals surface area contributed by atoms with Gasteiger partial charge in [0, 0.05) is 6.54 Å². The first-order valence-corrected chi connectivity index (χ1v) is 3.41. The Kier molecular flexibility index (Phi) is 2.40. The lowest BCUT2D eigenvalue weighted by Crippen LogP contribution is -2.21. The van der Waals surface area contributed by atoms with Crippen molar-refractivity contribution in [2.24, 2.45) is 11.5 Å². The van der Waals surface area contributed by atoms with Crippen molar-refractivity contribution < 1.29 is 0 Å². The molecule has 1 unspecified atom stereocenters. The van der Waals surface area contributed by atoms with Crippen molar-refractivity contribution in [2.45, 2.75) is 6.04 Å². The third-order valence-corrected chi connectivity index (χ3v) is 1.44. The lowest BCUT2D eigenvalue weighted by atomic mass is 10.2. The fourth-order valence-electron chi connectivity index (χ4n) is 0.757. The Hall–Kier alpha value is -1.13. The first-order valence-electron chi connectivity index (χ1n) is 3.41. The molecule has 1 heterocycles. The summed E-state index contributed by atoms with van der Waals surface area (Å²) < 4.78 is 0. The molecule has 0 aliphatic rings. The zero-order valence-electron chi connectivity index (χ0n) is 6.20. The quantitative estimate of drug-likeness (QED) is 0.539. The zero-order valence-corrected chi connectivity index (χ0v) is 6.20. The van der Waals surface area contributed by atoms with E-state index in [9.17, 15) is 0 Å². The zero-order chi connectivity index (χ0) is 8.27. The molecule has 0 saturated heterocycles. The minimum absolute atomic E-state index is 0.185. The van der Waals surface area contributed by atoms with Crippen molar-refractivity contribution in [1.29, 1.82) is 0 Å². The van der Waals surface area contributed by atoms with Crippen LogP contribution in [-0.2, 0) is 0 Å². The molecule has 0 radical (unpaired) electrons. The van der Waals surface area contributed by atoms with Crippen LogP contribution in [0.15, 0.2) is 18.3 Å². The maximum atomic E-state index is 5.62. The fraction of sp³-hybridized carbons (Fsp3) is 0.286. The molecule has 0 fully saturated rings. The lowest BCUT2D eigenvalue weighted by Gasteiger charge is -2.06. The van der Waals surface area contributed by atoms with Gasteiger partial charge in [0.2, 0.25) is 0 Å². The van der Waals surface area contributed by atoms with Gasteiger partial charge in [-0.1, -0.05) is 0 Å². The van der Waals surface area contributed by atoms with E-state index in [2.05, 4.69) is 4.98 Å². The van der Waals surface area contributed by atoms with Gasteiger partial charge in [-0.05, 0) is 12.1 Å². The molecule has 4 heteroatoms. The predicted octanol–water partition coefficient (Wildman–Crippen LogP) is -0.378. The molecule has 1 aromatic rings. The number of nitrogen functional groups attached to an aromatic ring is 1. The summed E-state index contributed by atoms with van der Waals surface area (Å²) in [6.45, 7) is 0.400. The van der Waals surface area contributed by atoms with Gasteiger partial charge in [-0.15, -0.1) is 0 Å². The van der Waals surface area contributed by atoms with Crippen molar-refractivity contribution in [1.82, 2.24) is 4.98 Å². The van der Waals surface area contributed by atoms with Gasteiger partial charge >= 0.3 is 0 Å². The molecular formula is C7H12N4. The number of hydrogen-bond acceptors (Lipinski definition) is 4. The molecule has 4 nitrogen and oxygen atoms in total. The SMILES string of the molecule is NCC(N)c1ccc(N)cn1. The minimum Gasteiger partial charge on any atom is -0.397 e. The number of hydrogen-bond donors (Lipinski definition) is 3. The summed E-state index contributed by atoms with van der Waals surface area (Å²) in [5.74, 6) is 0. The molecule has 1 atom stereocenters. The number of anilines is 1. The molecule has 0 amide bonds. The number of nitrogens with zero attached hydrogens (tertiary/aromatic N) is 1. The highest BCUT2D eigenvalue weighted by atomic mass is 14.8. The second kappa shape index (κ2) is 3.32. The van der Waals surface area contributed by atoms with E-state index in [-0.39, 0.29) is 6.04 Å². The monoisotopic (exact) mass is 152 g/mol. The molecular weight excluding hydrogens is 140 g/mol. The molecule has 0 aliphatic heterocycles. The van der Waals surface area contributed by atoms with E-state index in [1.807, 2.05) is 0 Å². The van der Waals surface area contributed by atoms with Crippen LogP contribution in [0.5, 0.6) is 0 Å². The molecule has 60 valence electrons. The fourth-order valence-corrected chi connectivity index (χ4v) is 0.757. The lowest BCUT2D eigenvalue weighted by molar-refractivity contribution is 0.711. The van der Waals surface area contributed by atoms with Crippen LogP contribution in [0, 0.1) is 0 Å². The first-order chi connectivity index (χ1) is 5.24. The van der Waals surface area contributed by atoms with Crippen molar-refractivity contribution in [2.75, 3.05) is 12.3 Å². The maximum Gasteiger partial charge on any atom is 0.0594 e. The highest BCUT2D eigenvalue weighted by Gasteiger charge is 2.02. The summed E-state index contributed by atoms with van der Waals surface area (Å²) in [5.41, 5.74) is 17.8. The van der Waals surface area contributed by atoms with E-state index in [0.29, 0.717) is 12.2 Å². The summed E-state index contributed by atoms with van der Waals surface area (Å²) in [4.78, 5) is 4.02. The van der Waals surface area contributed by atoms with Crippen LogP contribution >= 0.6 is 0 Å². The molecule has 0 aromatic carbocycles. The minimum atomic E-state index is -0.185. The van der Waals surface area contributed by atoms with Crippen LogP contribution in [0.25, 0.3) is 0 Å². The van der Waals surface area contributed by atoms with Crippen LogP contribution in [0.1, 0.15) is 11.7 Å². The largest absolute Gasteiger partial charge is 0.397 e.